The number of hydrogen-bond donors (Lipinski definition) is 0. The van der Waals surface area contributed by atoms with E-state index in [1.165, 1.54) is 18.3 Å². The van der Waals surface area contributed by atoms with Crippen molar-refractivity contribution in [3.63, 3.8) is 0 Å². The second-order valence-corrected chi connectivity index (χ2v) is 11.8. The molecular weight excluding hydrogens is 593 g/mol. The van der Waals surface area contributed by atoms with E-state index >= 15 is 4.39 Å². The summed E-state index contributed by atoms with van der Waals surface area (Å²) in [4.78, 5) is 31.8. The number of aromatic nitrogens is 3. The quantitative estimate of drug-likeness (QED) is 0.194. The van der Waals surface area contributed by atoms with Gasteiger partial charge in [-0.1, -0.05) is 36.8 Å². The molecular formula is C35H33F3N6O2. The number of ether oxygens (including phenoxy) is 1. The third-order valence-electron chi connectivity index (χ3n) is 9.17. The van der Waals surface area contributed by atoms with Crippen LogP contribution in [0.4, 0.5) is 19.0 Å². The molecule has 46 heavy (non-hydrogen) atoms. The van der Waals surface area contributed by atoms with Gasteiger partial charge in [-0.15, -0.1) is 6.42 Å². The van der Waals surface area contributed by atoms with E-state index in [0.717, 1.165) is 0 Å². The highest BCUT2D eigenvalue weighted by atomic mass is 19.1. The van der Waals surface area contributed by atoms with E-state index in [-0.39, 0.29) is 53.4 Å². The van der Waals surface area contributed by atoms with E-state index in [1.807, 2.05) is 30.8 Å². The molecule has 0 saturated carbocycles. The Morgan fingerprint density at radius 3 is 2.78 bits per heavy atom. The first-order valence-electron chi connectivity index (χ1n) is 15.0. The highest BCUT2D eigenvalue weighted by molar-refractivity contribution is 6.02. The van der Waals surface area contributed by atoms with E-state index in [4.69, 9.17) is 16.1 Å². The van der Waals surface area contributed by atoms with Gasteiger partial charge in [0.05, 0.1) is 23.3 Å². The van der Waals surface area contributed by atoms with Gasteiger partial charge in [-0.3, -0.25) is 14.7 Å². The first-order valence-corrected chi connectivity index (χ1v) is 15.0. The normalized spacial score (nSPS) is 20.8. The summed E-state index contributed by atoms with van der Waals surface area (Å²) in [6.45, 7) is 6.71. The summed E-state index contributed by atoms with van der Waals surface area (Å²) in [5, 5.41) is 1.34. The second-order valence-electron chi connectivity index (χ2n) is 11.8. The average Bonchev–Trinajstić information content (AvgIpc) is 3.64. The summed E-state index contributed by atoms with van der Waals surface area (Å²) in [7, 11) is 3.70. The van der Waals surface area contributed by atoms with Crippen LogP contribution < -0.4 is 9.64 Å². The molecule has 0 aliphatic carbocycles. The van der Waals surface area contributed by atoms with Crippen LogP contribution in [-0.2, 0) is 4.79 Å². The molecule has 236 valence electrons. The lowest BCUT2D eigenvalue weighted by molar-refractivity contribution is -0.126. The highest BCUT2D eigenvalue weighted by Crippen LogP contribution is 2.38. The van der Waals surface area contributed by atoms with E-state index in [9.17, 15) is 13.6 Å². The maximum absolute atomic E-state index is 16.7. The summed E-state index contributed by atoms with van der Waals surface area (Å²) < 4.78 is 50.8. The number of terminal acetylenes is 1. The van der Waals surface area contributed by atoms with Crippen LogP contribution >= 0.6 is 0 Å². The van der Waals surface area contributed by atoms with Crippen LogP contribution in [0, 0.1) is 24.0 Å². The minimum Gasteiger partial charge on any atom is -0.462 e. The zero-order valence-corrected chi connectivity index (χ0v) is 25.8. The van der Waals surface area contributed by atoms with Crippen molar-refractivity contribution in [3.8, 4) is 29.6 Å². The Bertz CT molecular complexity index is 1940. The van der Waals surface area contributed by atoms with Gasteiger partial charge in [-0.2, -0.15) is 9.97 Å². The highest BCUT2D eigenvalue weighted by Gasteiger charge is 2.37. The van der Waals surface area contributed by atoms with Gasteiger partial charge in [0.15, 0.2) is 5.82 Å². The SMILES string of the molecule is C#Cc1c(F)ccc2cccc(-c3ncc4c(N(C)[C@@H]5CCN(C(=O)C=C)[C@@H]5C)nc(OC[C@H]5C/C(=C\F)CN5C)nc4c3F)c12. The molecule has 11 heteroatoms. The monoisotopic (exact) mass is 626 g/mol. The van der Waals surface area contributed by atoms with Crippen LogP contribution in [0.15, 0.2) is 61.1 Å². The maximum atomic E-state index is 16.7. The van der Waals surface area contributed by atoms with Crippen molar-refractivity contribution in [1.82, 2.24) is 24.8 Å². The number of likely N-dealkylation sites (N-methyl/N-ethyl adjacent to an activating group) is 2. The molecule has 6 rings (SSSR count). The summed E-state index contributed by atoms with van der Waals surface area (Å²) in [5.74, 6) is 1.26. The average molecular weight is 627 g/mol. The summed E-state index contributed by atoms with van der Waals surface area (Å²) in [6, 6.07) is 7.48. The molecule has 2 aliphatic rings. The number of nitrogens with zero attached hydrogens (tertiary/aromatic N) is 6. The minimum atomic E-state index is -0.748. The Morgan fingerprint density at radius 1 is 1.26 bits per heavy atom. The molecule has 0 unspecified atom stereocenters. The Labute approximate surface area is 265 Å². The zero-order valence-electron chi connectivity index (χ0n) is 25.8. The molecule has 0 bridgehead atoms. The van der Waals surface area contributed by atoms with Crippen LogP contribution in [0.2, 0.25) is 0 Å². The molecule has 2 aromatic heterocycles. The molecule has 2 aromatic carbocycles. The van der Waals surface area contributed by atoms with Crippen molar-refractivity contribution in [3.05, 3.63) is 78.3 Å². The van der Waals surface area contributed by atoms with Gasteiger partial charge in [0, 0.05) is 49.4 Å². The number of anilines is 1. The molecule has 1 amide bonds. The van der Waals surface area contributed by atoms with Gasteiger partial charge in [-0.25, -0.2) is 13.2 Å². The molecule has 4 heterocycles. The van der Waals surface area contributed by atoms with Crippen molar-refractivity contribution in [2.24, 2.45) is 0 Å². The van der Waals surface area contributed by atoms with Crippen LogP contribution in [0.3, 0.4) is 0 Å². The molecule has 0 N–H and O–H groups in total. The molecule has 2 aliphatic heterocycles. The van der Waals surface area contributed by atoms with Crippen molar-refractivity contribution in [2.75, 3.05) is 38.7 Å². The summed E-state index contributed by atoms with van der Waals surface area (Å²) in [5.41, 5.74) is 0.897. The van der Waals surface area contributed by atoms with E-state index in [1.54, 1.807) is 29.2 Å². The van der Waals surface area contributed by atoms with E-state index in [2.05, 4.69) is 22.5 Å². The number of carbonyl (C=O) groups excluding carboxylic acids is 1. The van der Waals surface area contributed by atoms with Crippen LogP contribution in [0.5, 0.6) is 6.01 Å². The molecule has 4 aromatic rings. The number of likely N-dealkylation sites (tertiary alicyclic amines) is 2. The van der Waals surface area contributed by atoms with Crippen LogP contribution in [0.1, 0.15) is 25.3 Å². The summed E-state index contributed by atoms with van der Waals surface area (Å²) >= 11 is 0. The Morgan fingerprint density at radius 2 is 2.07 bits per heavy atom. The van der Waals surface area contributed by atoms with E-state index < -0.39 is 11.6 Å². The summed E-state index contributed by atoms with van der Waals surface area (Å²) in [6.07, 6.45) is 10.2. The molecule has 2 fully saturated rings. The number of carbonyl (C=O) groups is 1. The van der Waals surface area contributed by atoms with Crippen molar-refractivity contribution < 1.29 is 22.7 Å². The fraction of sp³-hybridized carbons (Fsp3) is 0.314. The number of amides is 1. The Balaban J connectivity index is 1.48. The molecule has 0 radical (unpaired) electrons. The smallest absolute Gasteiger partial charge is 0.319 e. The van der Waals surface area contributed by atoms with Gasteiger partial charge in [-0.05, 0) is 49.9 Å². The number of rotatable bonds is 7. The molecule has 3 atom stereocenters. The standard InChI is InChI=1S/C35H33F3N6O2/c1-6-24-27(37)12-11-22-9-8-10-25(30(22)24)32-31(38)33-26(17-39-32)34(43(5)28-13-14-44(20(28)3)29(45)7-2)41-35(40-33)46-19-23-15-21(16-36)18-42(23)4/h1,7-12,16-17,20,23,28H,2,13-15,18-19H2,3-5H3/b21-16+/t20-,23-,28-/m1/s1. The maximum Gasteiger partial charge on any atom is 0.319 e. The third-order valence-corrected chi connectivity index (χ3v) is 9.17. The number of fused-ring (bicyclic) bond motifs is 2. The zero-order chi connectivity index (χ0) is 32.7. The number of halogens is 3. The predicted octanol–water partition coefficient (Wildman–Crippen LogP) is 5.65. The lowest BCUT2D eigenvalue weighted by Gasteiger charge is -2.32. The third kappa shape index (κ3) is 5.32. The lowest BCUT2D eigenvalue weighted by atomic mass is 9.96. The van der Waals surface area contributed by atoms with Gasteiger partial charge in [0.1, 0.15) is 29.5 Å². The molecule has 2 saturated heterocycles. The minimum absolute atomic E-state index is 0.0118. The molecule has 0 spiro atoms. The first-order chi connectivity index (χ1) is 22.2. The number of hydrogen-bond acceptors (Lipinski definition) is 7. The molecule has 8 nitrogen and oxygen atoms in total. The van der Waals surface area contributed by atoms with Crippen LogP contribution in [-0.4, -0.2) is 82.6 Å². The van der Waals surface area contributed by atoms with E-state index in [0.29, 0.717) is 65.4 Å². The van der Waals surface area contributed by atoms with Crippen molar-refractivity contribution in [1.29, 1.82) is 0 Å². The topological polar surface area (TPSA) is 74.7 Å². The van der Waals surface area contributed by atoms with Gasteiger partial charge >= 0.3 is 6.01 Å². The van der Waals surface area contributed by atoms with Crippen LogP contribution in [0.25, 0.3) is 32.9 Å². The number of benzene rings is 2. The van der Waals surface area contributed by atoms with Gasteiger partial charge in [0.2, 0.25) is 5.91 Å². The lowest BCUT2D eigenvalue weighted by Crippen LogP contribution is -2.43. The van der Waals surface area contributed by atoms with Crippen molar-refractivity contribution >= 4 is 33.4 Å². The fourth-order valence-electron chi connectivity index (χ4n) is 6.67. The van der Waals surface area contributed by atoms with Gasteiger partial charge in [0.25, 0.3) is 0 Å². The second kappa shape index (κ2) is 12.4. The largest absolute Gasteiger partial charge is 0.462 e. The predicted molar refractivity (Wildman–Crippen MR) is 172 cm³/mol. The Kier molecular flexibility index (Phi) is 8.40. The fourth-order valence-corrected chi connectivity index (χ4v) is 6.67. The van der Waals surface area contributed by atoms with Gasteiger partial charge < -0.3 is 14.5 Å². The number of pyridine rings is 1. The Hall–Kier alpha value is -4.95. The van der Waals surface area contributed by atoms with Crippen molar-refractivity contribution in [2.45, 2.75) is 37.9 Å². The first kappa shape index (κ1) is 31.0.